The number of benzene rings is 3. The summed E-state index contributed by atoms with van der Waals surface area (Å²) in [5.74, 6) is -1.57. The van der Waals surface area contributed by atoms with Crippen LogP contribution in [0.1, 0.15) is 23.1 Å². The second-order valence-electron chi connectivity index (χ2n) is 8.51. The summed E-state index contributed by atoms with van der Waals surface area (Å²) in [5.41, 5.74) is 1.66. The minimum Gasteiger partial charge on any atom is -0.391 e. The topological polar surface area (TPSA) is 63.2 Å². The van der Waals surface area contributed by atoms with Crippen molar-refractivity contribution in [3.8, 4) is 0 Å². The molecular formula is C28H32N2O4S. The van der Waals surface area contributed by atoms with Crippen molar-refractivity contribution in [3.63, 3.8) is 0 Å². The van der Waals surface area contributed by atoms with Crippen LogP contribution in [0.5, 0.6) is 0 Å². The summed E-state index contributed by atoms with van der Waals surface area (Å²) in [6.07, 6.45) is -0.253. The van der Waals surface area contributed by atoms with Crippen LogP contribution in [0.25, 0.3) is 0 Å². The van der Waals surface area contributed by atoms with E-state index in [2.05, 4.69) is 5.32 Å². The third kappa shape index (κ3) is 4.70. The maximum Gasteiger partial charge on any atom is 0.305 e. The molecule has 2 unspecified atom stereocenters. The highest BCUT2D eigenvalue weighted by atomic mass is 32.1. The standard InChI is InChI=1S/C28H32N2O4S/c1-29-26(35)30-20-24(31)19-25(30)28(32-2,33-3)34-27(21-13-7-4-8-14-21,22-15-9-5-10-16-22)23-17-11-6-12-18-23/h4-18,24-25,31H,19-20H2,1-3H3,(H,29,35). The smallest absolute Gasteiger partial charge is 0.305 e. The highest BCUT2D eigenvalue weighted by Crippen LogP contribution is 2.46. The van der Waals surface area contributed by atoms with Crippen molar-refractivity contribution in [1.29, 1.82) is 0 Å². The van der Waals surface area contributed by atoms with Gasteiger partial charge in [-0.2, -0.15) is 0 Å². The van der Waals surface area contributed by atoms with Gasteiger partial charge in [-0.25, -0.2) is 0 Å². The number of aliphatic hydroxyl groups is 1. The Bertz CT molecular complexity index is 997. The minimum absolute atomic E-state index is 0.344. The highest BCUT2D eigenvalue weighted by Gasteiger charge is 2.55. The fourth-order valence-electron chi connectivity index (χ4n) is 4.93. The molecule has 0 amide bonds. The first-order valence-corrected chi connectivity index (χ1v) is 12.0. The number of β-amino-alcohol motifs (C(OH)–C–C–N with tert-alkyl or cyclic N) is 1. The Kier molecular flexibility index (Phi) is 7.84. The first-order chi connectivity index (χ1) is 17.0. The van der Waals surface area contributed by atoms with Crippen LogP contribution in [0.3, 0.4) is 0 Å². The lowest BCUT2D eigenvalue weighted by molar-refractivity contribution is -0.404. The number of aliphatic hydroxyl groups excluding tert-OH is 1. The maximum absolute atomic E-state index is 10.6. The van der Waals surface area contributed by atoms with E-state index in [4.69, 9.17) is 26.4 Å². The summed E-state index contributed by atoms with van der Waals surface area (Å²) in [5, 5.41) is 14.1. The zero-order valence-corrected chi connectivity index (χ0v) is 21.1. The van der Waals surface area contributed by atoms with Crippen LogP contribution in [0, 0.1) is 0 Å². The lowest BCUT2D eigenvalue weighted by Crippen LogP contribution is -2.60. The number of likely N-dealkylation sites (tertiary alicyclic amines) is 1. The molecule has 1 aliphatic heterocycles. The van der Waals surface area contributed by atoms with Gasteiger partial charge >= 0.3 is 5.97 Å². The lowest BCUT2D eigenvalue weighted by atomic mass is 9.80. The Hall–Kier alpha value is -2.81. The zero-order chi connectivity index (χ0) is 24.9. The van der Waals surface area contributed by atoms with Crippen LogP contribution < -0.4 is 5.32 Å². The molecule has 35 heavy (non-hydrogen) atoms. The molecule has 1 aliphatic rings. The van der Waals surface area contributed by atoms with Crippen molar-refractivity contribution in [2.75, 3.05) is 27.8 Å². The van der Waals surface area contributed by atoms with Crippen LogP contribution >= 0.6 is 12.2 Å². The van der Waals surface area contributed by atoms with Crippen molar-refractivity contribution in [2.45, 2.75) is 30.1 Å². The van der Waals surface area contributed by atoms with Crippen LogP contribution in [-0.4, -0.2) is 61.0 Å². The predicted octanol–water partition coefficient (Wildman–Crippen LogP) is 3.88. The van der Waals surface area contributed by atoms with Gasteiger partial charge < -0.3 is 29.5 Å². The van der Waals surface area contributed by atoms with Crippen molar-refractivity contribution >= 4 is 17.3 Å². The Balaban J connectivity index is 1.96. The molecule has 6 nitrogen and oxygen atoms in total. The molecule has 0 aliphatic carbocycles. The molecule has 0 bridgehead atoms. The average molecular weight is 493 g/mol. The van der Waals surface area contributed by atoms with E-state index in [-0.39, 0.29) is 0 Å². The highest BCUT2D eigenvalue weighted by molar-refractivity contribution is 7.80. The fraction of sp³-hybridized carbons (Fsp3) is 0.321. The molecule has 2 atom stereocenters. The Morgan fingerprint density at radius 3 is 1.66 bits per heavy atom. The molecule has 184 valence electrons. The molecule has 0 aromatic heterocycles. The van der Waals surface area contributed by atoms with Gasteiger partial charge in [0.15, 0.2) is 5.11 Å². The molecule has 0 spiro atoms. The van der Waals surface area contributed by atoms with Crippen LogP contribution in [0.4, 0.5) is 0 Å². The van der Waals surface area contributed by atoms with E-state index in [1.54, 1.807) is 21.3 Å². The number of hydrogen-bond donors (Lipinski definition) is 2. The molecule has 7 heteroatoms. The number of ether oxygens (including phenoxy) is 3. The third-order valence-electron chi connectivity index (χ3n) is 6.57. The molecule has 0 radical (unpaired) electrons. The van der Waals surface area contributed by atoms with Crippen LogP contribution in [-0.2, 0) is 19.8 Å². The molecule has 4 rings (SSSR count). The molecule has 3 aromatic carbocycles. The van der Waals surface area contributed by atoms with Gasteiger partial charge in [-0.05, 0) is 28.9 Å². The number of thiocarbonyl (C=S) groups is 1. The summed E-state index contributed by atoms with van der Waals surface area (Å²) in [4.78, 5) is 1.87. The Morgan fingerprint density at radius 1 is 0.857 bits per heavy atom. The largest absolute Gasteiger partial charge is 0.391 e. The quantitative estimate of drug-likeness (QED) is 0.281. The second kappa shape index (κ2) is 10.8. The number of nitrogens with zero attached hydrogens (tertiary/aromatic N) is 1. The van der Waals surface area contributed by atoms with E-state index in [1.165, 1.54) is 0 Å². The second-order valence-corrected chi connectivity index (χ2v) is 8.89. The summed E-state index contributed by atoms with van der Waals surface area (Å²) < 4.78 is 19.3. The summed E-state index contributed by atoms with van der Waals surface area (Å²) in [7, 11) is 4.87. The number of hydrogen-bond acceptors (Lipinski definition) is 5. The van der Waals surface area contributed by atoms with Crippen molar-refractivity contribution in [1.82, 2.24) is 10.2 Å². The third-order valence-corrected chi connectivity index (χ3v) is 7.01. The van der Waals surface area contributed by atoms with Crippen molar-refractivity contribution < 1.29 is 19.3 Å². The predicted molar refractivity (Wildman–Crippen MR) is 140 cm³/mol. The van der Waals surface area contributed by atoms with Gasteiger partial charge in [-0.15, -0.1) is 0 Å². The number of nitrogens with one attached hydrogen (secondary N) is 1. The van der Waals surface area contributed by atoms with Gasteiger partial charge in [0.25, 0.3) is 0 Å². The molecule has 0 saturated carbocycles. The monoisotopic (exact) mass is 492 g/mol. The van der Waals surface area contributed by atoms with Crippen molar-refractivity contribution in [3.05, 3.63) is 108 Å². The minimum atomic E-state index is -1.57. The zero-order valence-electron chi connectivity index (χ0n) is 20.3. The van der Waals surface area contributed by atoms with Gasteiger partial charge in [0.1, 0.15) is 11.6 Å². The van der Waals surface area contributed by atoms with Crippen LogP contribution in [0.15, 0.2) is 91.0 Å². The Labute approximate surface area is 212 Å². The summed E-state index contributed by atoms with van der Waals surface area (Å²) in [6, 6.07) is 29.6. The molecule has 1 fully saturated rings. The molecule has 1 saturated heterocycles. The molecule has 1 heterocycles. The molecule has 3 aromatic rings. The average Bonchev–Trinajstić information content (AvgIpc) is 3.33. The SMILES string of the molecule is CNC(=S)N1CC(O)CC1C(OC)(OC)OC(c1ccccc1)(c1ccccc1)c1ccccc1. The summed E-state index contributed by atoms with van der Waals surface area (Å²) >= 11 is 5.57. The van der Waals surface area contributed by atoms with E-state index in [9.17, 15) is 5.11 Å². The number of rotatable bonds is 8. The van der Waals surface area contributed by atoms with E-state index < -0.39 is 23.7 Å². The normalized spacial score (nSPS) is 18.5. The Morgan fingerprint density at radius 2 is 1.29 bits per heavy atom. The van der Waals surface area contributed by atoms with Crippen molar-refractivity contribution in [2.24, 2.45) is 0 Å². The van der Waals surface area contributed by atoms with E-state index >= 15 is 0 Å². The van der Waals surface area contributed by atoms with E-state index in [1.807, 2.05) is 95.9 Å². The van der Waals surface area contributed by atoms with Gasteiger partial charge in [0.05, 0.1) is 6.10 Å². The van der Waals surface area contributed by atoms with Gasteiger partial charge in [-0.3, -0.25) is 0 Å². The number of methoxy groups -OCH3 is 2. The van der Waals surface area contributed by atoms with Crippen LogP contribution in [0.2, 0.25) is 0 Å². The van der Waals surface area contributed by atoms with E-state index in [0.29, 0.717) is 18.1 Å². The molecular weight excluding hydrogens is 460 g/mol. The lowest BCUT2D eigenvalue weighted by Gasteiger charge is -2.47. The van der Waals surface area contributed by atoms with E-state index in [0.717, 1.165) is 16.7 Å². The first-order valence-electron chi connectivity index (χ1n) is 11.6. The summed E-state index contributed by atoms with van der Waals surface area (Å²) in [6.45, 7) is 0.344. The maximum atomic E-state index is 10.6. The van der Waals surface area contributed by atoms with Gasteiger partial charge in [0, 0.05) is 34.2 Å². The van der Waals surface area contributed by atoms with Gasteiger partial charge in [-0.1, -0.05) is 91.0 Å². The first kappa shape index (κ1) is 25.3. The molecule has 2 N–H and O–H groups in total. The fourth-order valence-corrected chi connectivity index (χ4v) is 5.13. The van der Waals surface area contributed by atoms with Gasteiger partial charge in [0.2, 0.25) is 0 Å².